The van der Waals surface area contributed by atoms with Crippen molar-refractivity contribution in [2.75, 3.05) is 11.4 Å². The molecule has 1 saturated heterocycles. The smallest absolute Gasteiger partial charge is 0.228 e. The molecule has 0 aromatic heterocycles. The summed E-state index contributed by atoms with van der Waals surface area (Å²) in [6.07, 6.45) is 0.355. The van der Waals surface area contributed by atoms with Crippen molar-refractivity contribution in [1.29, 1.82) is 0 Å². The Bertz CT molecular complexity index is 404. The summed E-state index contributed by atoms with van der Waals surface area (Å²) in [4.78, 5) is 13.1. The molecule has 1 fully saturated rings. The maximum absolute atomic E-state index is 11.6. The number of carbonyl (C=O) groups is 1. The fourth-order valence-corrected chi connectivity index (χ4v) is 1.83. The van der Waals surface area contributed by atoms with E-state index in [-0.39, 0.29) is 17.7 Å². The van der Waals surface area contributed by atoms with Crippen LogP contribution in [0.25, 0.3) is 0 Å². The van der Waals surface area contributed by atoms with Crippen molar-refractivity contribution < 1.29 is 9.90 Å². The van der Waals surface area contributed by atoms with E-state index in [4.69, 9.17) is 5.73 Å². The number of phenolic OH excluding ortho intramolecular Hbond substituents is 1. The molecule has 1 amide bonds. The van der Waals surface area contributed by atoms with Crippen LogP contribution in [-0.4, -0.2) is 23.6 Å². The summed E-state index contributed by atoms with van der Waals surface area (Å²) < 4.78 is 0. The third-order valence-corrected chi connectivity index (χ3v) is 2.66. The molecule has 1 unspecified atom stereocenters. The van der Waals surface area contributed by atoms with Crippen LogP contribution in [0.3, 0.4) is 0 Å². The predicted octanol–water partition coefficient (Wildman–Crippen LogP) is 0.765. The summed E-state index contributed by atoms with van der Waals surface area (Å²) in [7, 11) is 0. The van der Waals surface area contributed by atoms with Gasteiger partial charge in [-0.3, -0.25) is 4.79 Å². The average Bonchev–Trinajstić information content (AvgIpc) is 2.50. The normalized spacial score (nSPS) is 21.1. The van der Waals surface area contributed by atoms with Crippen molar-refractivity contribution >= 4 is 11.6 Å². The molecule has 2 rings (SSSR count). The first kappa shape index (κ1) is 9.98. The molecular weight excluding hydrogens is 192 g/mol. The molecule has 15 heavy (non-hydrogen) atoms. The van der Waals surface area contributed by atoms with Crippen LogP contribution < -0.4 is 10.6 Å². The lowest BCUT2D eigenvalue weighted by molar-refractivity contribution is -0.117. The molecule has 1 atom stereocenters. The molecule has 1 heterocycles. The predicted molar refractivity (Wildman–Crippen MR) is 57.8 cm³/mol. The number of hydrogen-bond donors (Lipinski definition) is 2. The maximum atomic E-state index is 11.6. The van der Waals surface area contributed by atoms with Gasteiger partial charge in [-0.05, 0) is 18.6 Å². The van der Waals surface area contributed by atoms with Gasteiger partial charge < -0.3 is 15.7 Å². The average molecular weight is 206 g/mol. The van der Waals surface area contributed by atoms with Gasteiger partial charge in [0.15, 0.2) is 0 Å². The first-order chi connectivity index (χ1) is 7.09. The van der Waals surface area contributed by atoms with Crippen LogP contribution >= 0.6 is 0 Å². The zero-order valence-corrected chi connectivity index (χ0v) is 8.60. The molecule has 1 aliphatic rings. The number of phenols is 1. The third kappa shape index (κ3) is 1.68. The Hall–Kier alpha value is -1.55. The number of nitrogens with two attached hydrogens (primary N) is 1. The molecule has 80 valence electrons. The van der Waals surface area contributed by atoms with Crippen molar-refractivity contribution in [3.8, 4) is 5.75 Å². The second kappa shape index (κ2) is 3.55. The summed E-state index contributed by atoms with van der Waals surface area (Å²) in [6, 6.07) is 5.23. The highest BCUT2D eigenvalue weighted by Crippen LogP contribution is 2.32. The van der Waals surface area contributed by atoms with Gasteiger partial charge in [-0.15, -0.1) is 0 Å². The molecule has 3 N–H and O–H groups in total. The van der Waals surface area contributed by atoms with E-state index in [2.05, 4.69) is 0 Å². The minimum Gasteiger partial charge on any atom is -0.505 e. The van der Waals surface area contributed by atoms with Crippen molar-refractivity contribution in [2.24, 2.45) is 5.73 Å². The van der Waals surface area contributed by atoms with E-state index in [0.717, 1.165) is 5.56 Å². The van der Waals surface area contributed by atoms with E-state index < -0.39 is 0 Å². The molecule has 1 aliphatic heterocycles. The highest BCUT2D eigenvalue weighted by Gasteiger charge is 2.29. The Morgan fingerprint density at radius 2 is 2.27 bits per heavy atom. The van der Waals surface area contributed by atoms with Crippen LogP contribution in [0.4, 0.5) is 5.69 Å². The van der Waals surface area contributed by atoms with Crippen LogP contribution in [0.1, 0.15) is 12.0 Å². The number of amides is 1. The number of rotatable bonds is 1. The zero-order chi connectivity index (χ0) is 11.0. The first-order valence-electron chi connectivity index (χ1n) is 4.94. The van der Waals surface area contributed by atoms with Crippen molar-refractivity contribution in [3.05, 3.63) is 23.8 Å². The Morgan fingerprint density at radius 3 is 2.87 bits per heavy atom. The lowest BCUT2D eigenvalue weighted by atomic mass is 10.2. The summed E-state index contributed by atoms with van der Waals surface area (Å²) in [5.41, 5.74) is 7.02. The second-order valence-corrected chi connectivity index (χ2v) is 3.91. The van der Waals surface area contributed by atoms with Crippen molar-refractivity contribution in [2.45, 2.75) is 19.4 Å². The van der Waals surface area contributed by atoms with Crippen molar-refractivity contribution in [3.63, 3.8) is 0 Å². The number of nitrogens with zero attached hydrogens (tertiary/aromatic N) is 1. The summed E-state index contributed by atoms with van der Waals surface area (Å²) >= 11 is 0. The summed E-state index contributed by atoms with van der Waals surface area (Å²) in [5, 5.41) is 9.83. The van der Waals surface area contributed by atoms with Gasteiger partial charge in [0.1, 0.15) is 5.75 Å². The molecule has 0 bridgehead atoms. The lowest BCUT2D eigenvalue weighted by Crippen LogP contribution is -2.28. The van der Waals surface area contributed by atoms with Gasteiger partial charge in [-0.25, -0.2) is 0 Å². The SMILES string of the molecule is Cc1cccc(N2CC(N)CC2=O)c1O. The van der Waals surface area contributed by atoms with Crippen LogP contribution in [0, 0.1) is 6.92 Å². The second-order valence-electron chi connectivity index (χ2n) is 3.91. The molecule has 4 nitrogen and oxygen atoms in total. The van der Waals surface area contributed by atoms with E-state index in [1.807, 2.05) is 6.07 Å². The van der Waals surface area contributed by atoms with Crippen molar-refractivity contribution in [1.82, 2.24) is 0 Å². The van der Waals surface area contributed by atoms with E-state index in [1.54, 1.807) is 24.0 Å². The molecular formula is C11H14N2O2. The van der Waals surface area contributed by atoms with Crippen LogP contribution in [0.2, 0.25) is 0 Å². The number of carbonyl (C=O) groups excluding carboxylic acids is 1. The Labute approximate surface area is 88.3 Å². The molecule has 0 saturated carbocycles. The fraction of sp³-hybridized carbons (Fsp3) is 0.364. The summed E-state index contributed by atoms with van der Waals surface area (Å²) in [6.45, 7) is 2.29. The standard InChI is InChI=1S/C11H14N2O2/c1-7-3-2-4-9(11(7)15)13-6-8(12)5-10(13)14/h2-4,8,15H,5-6,12H2,1H3. The highest BCUT2D eigenvalue weighted by atomic mass is 16.3. The van der Waals surface area contributed by atoms with Gasteiger partial charge in [-0.1, -0.05) is 12.1 Å². The number of para-hydroxylation sites is 1. The lowest BCUT2D eigenvalue weighted by Gasteiger charge is -2.18. The highest BCUT2D eigenvalue weighted by molar-refractivity contribution is 5.97. The van der Waals surface area contributed by atoms with E-state index >= 15 is 0 Å². The number of benzene rings is 1. The van der Waals surface area contributed by atoms with E-state index in [1.165, 1.54) is 0 Å². The number of aromatic hydroxyl groups is 1. The molecule has 0 radical (unpaired) electrons. The fourth-order valence-electron chi connectivity index (χ4n) is 1.83. The van der Waals surface area contributed by atoms with Gasteiger partial charge in [-0.2, -0.15) is 0 Å². The topological polar surface area (TPSA) is 66.6 Å². The molecule has 0 spiro atoms. The Balaban J connectivity index is 2.38. The van der Waals surface area contributed by atoms with Crippen LogP contribution in [0.15, 0.2) is 18.2 Å². The van der Waals surface area contributed by atoms with Crippen LogP contribution in [0.5, 0.6) is 5.75 Å². The summed E-state index contributed by atoms with van der Waals surface area (Å²) in [5.74, 6) is 0.142. The van der Waals surface area contributed by atoms with Gasteiger partial charge in [0.2, 0.25) is 5.91 Å². The quantitative estimate of drug-likeness (QED) is 0.713. The minimum absolute atomic E-state index is 0.0246. The van der Waals surface area contributed by atoms with Crippen LogP contribution in [-0.2, 0) is 4.79 Å². The molecule has 4 heteroatoms. The largest absolute Gasteiger partial charge is 0.505 e. The number of aryl methyl sites for hydroxylation is 1. The van der Waals surface area contributed by atoms with E-state index in [9.17, 15) is 9.90 Å². The van der Waals surface area contributed by atoms with Gasteiger partial charge in [0.05, 0.1) is 5.69 Å². The zero-order valence-electron chi connectivity index (χ0n) is 8.60. The Kier molecular flexibility index (Phi) is 2.36. The number of anilines is 1. The third-order valence-electron chi connectivity index (χ3n) is 2.66. The number of hydrogen-bond acceptors (Lipinski definition) is 3. The molecule has 0 aliphatic carbocycles. The van der Waals surface area contributed by atoms with E-state index in [0.29, 0.717) is 18.7 Å². The van der Waals surface area contributed by atoms with Gasteiger partial charge >= 0.3 is 0 Å². The molecule has 1 aromatic carbocycles. The molecule has 1 aromatic rings. The van der Waals surface area contributed by atoms with Gasteiger partial charge in [0.25, 0.3) is 0 Å². The Morgan fingerprint density at radius 1 is 1.53 bits per heavy atom. The van der Waals surface area contributed by atoms with Gasteiger partial charge in [0, 0.05) is 19.0 Å². The first-order valence-corrected chi connectivity index (χ1v) is 4.94. The monoisotopic (exact) mass is 206 g/mol. The minimum atomic E-state index is -0.127. The maximum Gasteiger partial charge on any atom is 0.228 e.